The summed E-state index contributed by atoms with van der Waals surface area (Å²) in [7, 11) is 4.30. The summed E-state index contributed by atoms with van der Waals surface area (Å²) in [5, 5.41) is 2.65. The van der Waals surface area contributed by atoms with Crippen molar-refractivity contribution in [2.75, 3.05) is 20.7 Å². The Bertz CT molecular complexity index is 1100. The molecular weight excluding hydrogens is 380 g/mol. The van der Waals surface area contributed by atoms with Crippen LogP contribution in [0, 0.1) is 5.41 Å². The van der Waals surface area contributed by atoms with Gasteiger partial charge in [-0.1, -0.05) is 69.3 Å². The maximum Gasteiger partial charge on any atom is 0.119 e. The molecule has 3 aromatic carbocycles. The number of rotatable bonds is 7. The minimum Gasteiger partial charge on any atom is -0.494 e. The van der Waals surface area contributed by atoms with E-state index in [9.17, 15) is 0 Å². The molecule has 0 bridgehead atoms. The Labute approximate surface area is 186 Å². The zero-order valence-corrected chi connectivity index (χ0v) is 19.4. The van der Waals surface area contributed by atoms with Gasteiger partial charge in [0.15, 0.2) is 0 Å². The number of aromatic nitrogens is 1. The molecular formula is C28H34N2O. The molecule has 0 spiro atoms. The Morgan fingerprint density at radius 3 is 1.87 bits per heavy atom. The van der Waals surface area contributed by atoms with E-state index < -0.39 is 0 Å². The van der Waals surface area contributed by atoms with Crippen LogP contribution in [-0.4, -0.2) is 30.2 Å². The lowest BCUT2D eigenvalue weighted by Gasteiger charge is -2.36. The standard InChI is InChI=1S/C28H34N2O/c1-28(2,3)27(29(4)5)21-15-17-22(18-16-21)31-20-10-19-30-25-13-8-6-11-23(25)24-12-7-9-14-26(24)30/h6-9,11-18,27H,10,19-20H2,1-5H3. The van der Waals surface area contributed by atoms with Gasteiger partial charge in [-0.2, -0.15) is 0 Å². The molecule has 1 heterocycles. The van der Waals surface area contributed by atoms with Crippen LogP contribution in [0.1, 0.15) is 38.8 Å². The molecule has 0 amide bonds. The van der Waals surface area contributed by atoms with Crippen molar-refractivity contribution in [3.8, 4) is 5.75 Å². The summed E-state index contributed by atoms with van der Waals surface area (Å²) >= 11 is 0. The molecule has 0 aliphatic carbocycles. The number of benzene rings is 3. The third-order valence-electron chi connectivity index (χ3n) is 6.01. The van der Waals surface area contributed by atoms with E-state index in [-0.39, 0.29) is 5.41 Å². The number of hydrogen-bond acceptors (Lipinski definition) is 2. The van der Waals surface area contributed by atoms with Gasteiger partial charge in [0, 0.05) is 34.4 Å². The van der Waals surface area contributed by atoms with Crippen LogP contribution in [0.15, 0.2) is 72.8 Å². The van der Waals surface area contributed by atoms with Crippen molar-refractivity contribution in [3.63, 3.8) is 0 Å². The van der Waals surface area contributed by atoms with Crippen LogP contribution in [0.3, 0.4) is 0 Å². The van der Waals surface area contributed by atoms with Gasteiger partial charge in [0.2, 0.25) is 0 Å². The fraction of sp³-hybridized carbons (Fsp3) is 0.357. The first-order valence-electron chi connectivity index (χ1n) is 11.2. The molecule has 0 saturated heterocycles. The first-order chi connectivity index (χ1) is 14.9. The predicted octanol–water partition coefficient (Wildman–Crippen LogP) is 6.91. The monoisotopic (exact) mass is 414 g/mol. The molecule has 3 nitrogen and oxygen atoms in total. The molecule has 4 aromatic rings. The van der Waals surface area contributed by atoms with Crippen molar-refractivity contribution < 1.29 is 4.74 Å². The molecule has 1 atom stereocenters. The second kappa shape index (κ2) is 8.76. The summed E-state index contributed by atoms with van der Waals surface area (Å²) in [5.74, 6) is 0.942. The highest BCUT2D eigenvalue weighted by atomic mass is 16.5. The largest absolute Gasteiger partial charge is 0.494 e. The lowest BCUT2D eigenvalue weighted by Crippen LogP contribution is -2.31. The Morgan fingerprint density at radius 2 is 1.35 bits per heavy atom. The molecule has 4 rings (SSSR count). The number of fused-ring (bicyclic) bond motifs is 3. The van der Waals surface area contributed by atoms with E-state index in [1.165, 1.54) is 27.4 Å². The smallest absolute Gasteiger partial charge is 0.119 e. The van der Waals surface area contributed by atoms with Crippen LogP contribution in [0.5, 0.6) is 5.75 Å². The molecule has 31 heavy (non-hydrogen) atoms. The number of aryl methyl sites for hydroxylation is 1. The van der Waals surface area contributed by atoms with E-state index in [0.717, 1.165) is 18.7 Å². The zero-order chi connectivity index (χ0) is 22.0. The minimum absolute atomic E-state index is 0.175. The van der Waals surface area contributed by atoms with Gasteiger partial charge in [0.05, 0.1) is 6.61 Å². The van der Waals surface area contributed by atoms with Crippen molar-refractivity contribution in [3.05, 3.63) is 78.4 Å². The average molecular weight is 415 g/mol. The summed E-state index contributed by atoms with van der Waals surface area (Å²) < 4.78 is 8.50. The minimum atomic E-state index is 0.175. The van der Waals surface area contributed by atoms with Crippen molar-refractivity contribution in [2.24, 2.45) is 5.41 Å². The first-order valence-corrected chi connectivity index (χ1v) is 11.2. The summed E-state index contributed by atoms with van der Waals surface area (Å²) in [4.78, 5) is 2.29. The third-order valence-corrected chi connectivity index (χ3v) is 6.01. The van der Waals surface area contributed by atoms with Crippen LogP contribution >= 0.6 is 0 Å². The molecule has 0 aliphatic rings. The second-order valence-corrected chi connectivity index (χ2v) is 9.69. The lowest BCUT2D eigenvalue weighted by atomic mass is 9.81. The van der Waals surface area contributed by atoms with Crippen molar-refractivity contribution >= 4 is 21.8 Å². The fourth-order valence-electron chi connectivity index (χ4n) is 4.98. The van der Waals surface area contributed by atoms with Gasteiger partial charge in [0.25, 0.3) is 0 Å². The SMILES string of the molecule is CN(C)C(c1ccc(OCCCn2c3ccccc3c3ccccc32)cc1)C(C)(C)C. The molecule has 0 fully saturated rings. The van der Waals surface area contributed by atoms with E-state index in [4.69, 9.17) is 4.74 Å². The molecule has 0 N–H and O–H groups in total. The first kappa shape index (κ1) is 21.5. The number of para-hydroxylation sites is 2. The van der Waals surface area contributed by atoms with Gasteiger partial charge in [-0.05, 0) is 55.8 Å². The van der Waals surface area contributed by atoms with E-state index in [2.05, 4.69) is 117 Å². The maximum atomic E-state index is 6.08. The molecule has 0 aliphatic heterocycles. The van der Waals surface area contributed by atoms with E-state index in [1.807, 2.05) is 0 Å². The Kier molecular flexibility index (Phi) is 6.06. The Hall–Kier alpha value is -2.78. The van der Waals surface area contributed by atoms with Crippen LogP contribution in [0.2, 0.25) is 0 Å². The summed E-state index contributed by atoms with van der Waals surface area (Å²) in [6.45, 7) is 8.51. The highest BCUT2D eigenvalue weighted by molar-refractivity contribution is 6.07. The molecule has 1 unspecified atom stereocenters. The molecule has 3 heteroatoms. The van der Waals surface area contributed by atoms with E-state index in [0.29, 0.717) is 12.6 Å². The average Bonchev–Trinajstić information content (AvgIpc) is 3.05. The van der Waals surface area contributed by atoms with Gasteiger partial charge < -0.3 is 14.2 Å². The van der Waals surface area contributed by atoms with E-state index in [1.54, 1.807) is 0 Å². The highest BCUT2D eigenvalue weighted by Gasteiger charge is 2.27. The molecule has 162 valence electrons. The number of ether oxygens (including phenoxy) is 1. The van der Waals surface area contributed by atoms with Crippen molar-refractivity contribution in [2.45, 2.75) is 39.8 Å². The Balaban J connectivity index is 1.42. The zero-order valence-electron chi connectivity index (χ0n) is 19.4. The fourth-order valence-corrected chi connectivity index (χ4v) is 4.98. The van der Waals surface area contributed by atoms with Crippen molar-refractivity contribution in [1.82, 2.24) is 9.47 Å². The topological polar surface area (TPSA) is 17.4 Å². The predicted molar refractivity (Wildman–Crippen MR) is 132 cm³/mol. The maximum absolute atomic E-state index is 6.08. The van der Waals surface area contributed by atoms with Crippen LogP contribution in [-0.2, 0) is 6.54 Å². The van der Waals surface area contributed by atoms with Gasteiger partial charge in [0.1, 0.15) is 5.75 Å². The quantitative estimate of drug-likeness (QED) is 0.306. The van der Waals surface area contributed by atoms with Crippen LogP contribution < -0.4 is 4.74 Å². The van der Waals surface area contributed by atoms with E-state index >= 15 is 0 Å². The molecule has 1 aromatic heterocycles. The van der Waals surface area contributed by atoms with Crippen molar-refractivity contribution in [1.29, 1.82) is 0 Å². The second-order valence-electron chi connectivity index (χ2n) is 9.69. The normalized spacial score (nSPS) is 13.2. The lowest BCUT2D eigenvalue weighted by molar-refractivity contribution is 0.154. The molecule has 0 radical (unpaired) electrons. The molecule has 0 saturated carbocycles. The summed E-state index contributed by atoms with van der Waals surface area (Å²) in [6, 6.07) is 26.3. The Morgan fingerprint density at radius 1 is 0.806 bits per heavy atom. The van der Waals surface area contributed by atoms with Gasteiger partial charge in [-0.3, -0.25) is 0 Å². The van der Waals surface area contributed by atoms with Gasteiger partial charge in [-0.15, -0.1) is 0 Å². The van der Waals surface area contributed by atoms with Crippen LogP contribution in [0.4, 0.5) is 0 Å². The van der Waals surface area contributed by atoms with Gasteiger partial charge >= 0.3 is 0 Å². The van der Waals surface area contributed by atoms with Gasteiger partial charge in [-0.25, -0.2) is 0 Å². The third kappa shape index (κ3) is 4.47. The number of nitrogens with zero attached hydrogens (tertiary/aromatic N) is 2. The van der Waals surface area contributed by atoms with Crippen LogP contribution in [0.25, 0.3) is 21.8 Å². The summed E-state index contributed by atoms with van der Waals surface area (Å²) in [5.41, 5.74) is 4.10. The summed E-state index contributed by atoms with van der Waals surface area (Å²) in [6.07, 6.45) is 0.965. The highest BCUT2D eigenvalue weighted by Crippen LogP contribution is 2.37. The number of hydrogen-bond donors (Lipinski definition) is 0.